The number of aromatic nitrogens is 4. The Morgan fingerprint density at radius 1 is 1.30 bits per heavy atom. The second kappa shape index (κ2) is 6.04. The van der Waals surface area contributed by atoms with Crippen molar-refractivity contribution in [3.8, 4) is 5.88 Å². The largest absolute Gasteiger partial charge is 0.474 e. The first kappa shape index (κ1) is 15.6. The van der Waals surface area contributed by atoms with Crippen molar-refractivity contribution in [1.82, 2.24) is 19.2 Å². The lowest BCUT2D eigenvalue weighted by Gasteiger charge is -2.12. The number of nitrogens with zero attached hydrogens (tertiary/aromatic N) is 4. The molecule has 0 radical (unpaired) electrons. The van der Waals surface area contributed by atoms with Crippen LogP contribution in [-0.2, 0) is 6.54 Å². The van der Waals surface area contributed by atoms with Crippen LogP contribution < -0.4 is 10.3 Å². The summed E-state index contributed by atoms with van der Waals surface area (Å²) in [6, 6.07) is 6.99. The molecule has 0 aromatic carbocycles. The van der Waals surface area contributed by atoms with E-state index in [1.165, 1.54) is 4.52 Å². The van der Waals surface area contributed by atoms with Crippen LogP contribution in [0.2, 0.25) is 5.15 Å². The fourth-order valence-electron chi connectivity index (χ4n) is 2.39. The van der Waals surface area contributed by atoms with Crippen molar-refractivity contribution in [2.45, 2.75) is 33.4 Å². The van der Waals surface area contributed by atoms with Crippen LogP contribution in [0.3, 0.4) is 0 Å². The molecule has 23 heavy (non-hydrogen) atoms. The molecular weight excluding hydrogens is 316 g/mol. The van der Waals surface area contributed by atoms with Gasteiger partial charge in [-0.1, -0.05) is 17.7 Å². The molecule has 0 spiro atoms. The molecule has 3 rings (SSSR count). The number of ether oxygens (including phenoxy) is 1. The van der Waals surface area contributed by atoms with Crippen molar-refractivity contribution in [2.75, 3.05) is 0 Å². The van der Waals surface area contributed by atoms with E-state index in [9.17, 15) is 4.79 Å². The van der Waals surface area contributed by atoms with E-state index in [0.29, 0.717) is 23.2 Å². The Hall–Kier alpha value is -2.34. The summed E-state index contributed by atoms with van der Waals surface area (Å²) in [5.74, 6) is 0.436. The minimum absolute atomic E-state index is 0.00923. The first-order chi connectivity index (χ1) is 10.9. The van der Waals surface area contributed by atoms with E-state index in [2.05, 4.69) is 10.1 Å². The van der Waals surface area contributed by atoms with Gasteiger partial charge in [0.15, 0.2) is 0 Å². The van der Waals surface area contributed by atoms with E-state index < -0.39 is 0 Å². The maximum atomic E-state index is 12.1. The molecule has 6 nitrogen and oxygen atoms in total. The first-order valence-corrected chi connectivity index (χ1v) is 7.69. The maximum Gasteiger partial charge on any atom is 0.274 e. The summed E-state index contributed by atoms with van der Waals surface area (Å²) in [6.45, 7) is 6.29. The van der Waals surface area contributed by atoms with Gasteiger partial charge >= 0.3 is 0 Å². The third-order valence-corrected chi connectivity index (χ3v) is 3.62. The van der Waals surface area contributed by atoms with Gasteiger partial charge in [-0.05, 0) is 32.4 Å². The molecule has 0 saturated carbocycles. The van der Waals surface area contributed by atoms with Gasteiger partial charge in [0.05, 0.1) is 12.6 Å². The predicted molar refractivity (Wildman–Crippen MR) is 88.3 cm³/mol. The topological polar surface area (TPSA) is 61.4 Å². The minimum atomic E-state index is -0.179. The SMILES string of the molecule is Cc1cc(=O)n2nc(OC(C)C)cc2n1Cc1ccc(Cl)nc1. The highest BCUT2D eigenvalue weighted by molar-refractivity contribution is 6.29. The zero-order valence-corrected chi connectivity index (χ0v) is 13.9. The van der Waals surface area contributed by atoms with Crippen LogP contribution in [0, 0.1) is 6.92 Å². The third kappa shape index (κ3) is 3.22. The molecule has 0 atom stereocenters. The summed E-state index contributed by atoms with van der Waals surface area (Å²) < 4.78 is 8.95. The van der Waals surface area contributed by atoms with Crippen molar-refractivity contribution < 1.29 is 4.74 Å². The Kier molecular flexibility index (Phi) is 4.09. The molecule has 0 N–H and O–H groups in total. The number of rotatable bonds is 4. The van der Waals surface area contributed by atoms with Gasteiger partial charge in [-0.15, -0.1) is 5.10 Å². The van der Waals surface area contributed by atoms with Crippen LogP contribution >= 0.6 is 11.6 Å². The van der Waals surface area contributed by atoms with E-state index in [-0.39, 0.29) is 11.7 Å². The molecule has 120 valence electrons. The van der Waals surface area contributed by atoms with Crippen LogP contribution in [-0.4, -0.2) is 25.3 Å². The lowest BCUT2D eigenvalue weighted by atomic mass is 10.2. The van der Waals surface area contributed by atoms with Crippen molar-refractivity contribution in [1.29, 1.82) is 0 Å². The molecule has 7 heteroatoms. The Bertz CT molecular complexity index is 897. The summed E-state index contributed by atoms with van der Waals surface area (Å²) in [5.41, 5.74) is 2.33. The van der Waals surface area contributed by atoms with Crippen LogP contribution in [0.1, 0.15) is 25.1 Å². The summed E-state index contributed by atoms with van der Waals surface area (Å²) in [7, 11) is 0. The zero-order valence-electron chi connectivity index (χ0n) is 13.2. The molecule has 3 aromatic rings. The Balaban J connectivity index is 2.09. The number of hydrogen-bond acceptors (Lipinski definition) is 4. The first-order valence-electron chi connectivity index (χ1n) is 7.31. The molecule has 0 saturated heterocycles. The van der Waals surface area contributed by atoms with Gasteiger partial charge in [-0.25, -0.2) is 4.98 Å². The smallest absolute Gasteiger partial charge is 0.274 e. The number of hydrogen-bond donors (Lipinski definition) is 0. The molecule has 3 aromatic heterocycles. The van der Waals surface area contributed by atoms with Gasteiger partial charge in [-0.3, -0.25) is 4.79 Å². The Morgan fingerprint density at radius 2 is 2.09 bits per heavy atom. The van der Waals surface area contributed by atoms with Crippen molar-refractivity contribution in [3.05, 3.63) is 57.2 Å². The summed E-state index contributed by atoms with van der Waals surface area (Å²) >= 11 is 5.82. The molecule has 0 fully saturated rings. The third-order valence-electron chi connectivity index (χ3n) is 3.40. The molecule has 0 bridgehead atoms. The fourth-order valence-corrected chi connectivity index (χ4v) is 2.50. The number of halogens is 1. The molecule has 0 aliphatic heterocycles. The Morgan fingerprint density at radius 3 is 2.74 bits per heavy atom. The highest BCUT2D eigenvalue weighted by atomic mass is 35.5. The second-order valence-corrected chi connectivity index (χ2v) is 6.01. The van der Waals surface area contributed by atoms with E-state index in [0.717, 1.165) is 11.3 Å². The van der Waals surface area contributed by atoms with Gasteiger partial charge in [-0.2, -0.15) is 4.52 Å². The van der Waals surface area contributed by atoms with E-state index in [1.807, 2.05) is 31.4 Å². The molecule has 3 heterocycles. The van der Waals surface area contributed by atoms with Crippen LogP contribution in [0.25, 0.3) is 5.65 Å². The number of aryl methyl sites for hydroxylation is 1. The standard InChI is InChI=1S/C16H17ClN4O2/c1-10(2)23-14-7-15-20(9-12-4-5-13(17)18-8-12)11(3)6-16(22)21(15)19-14/h4-8,10H,9H2,1-3H3. The zero-order chi connectivity index (χ0) is 16.6. The van der Waals surface area contributed by atoms with Crippen LogP contribution in [0.15, 0.2) is 35.3 Å². The van der Waals surface area contributed by atoms with E-state index >= 15 is 0 Å². The lowest BCUT2D eigenvalue weighted by molar-refractivity contribution is 0.231. The number of fused-ring (bicyclic) bond motifs is 1. The van der Waals surface area contributed by atoms with Gasteiger partial charge in [0, 0.05) is 24.0 Å². The van der Waals surface area contributed by atoms with Gasteiger partial charge in [0.1, 0.15) is 10.8 Å². The molecular formula is C16H17ClN4O2. The average molecular weight is 333 g/mol. The lowest BCUT2D eigenvalue weighted by Crippen LogP contribution is -2.20. The van der Waals surface area contributed by atoms with E-state index in [4.69, 9.17) is 16.3 Å². The van der Waals surface area contributed by atoms with Crippen LogP contribution in [0.4, 0.5) is 0 Å². The minimum Gasteiger partial charge on any atom is -0.474 e. The van der Waals surface area contributed by atoms with Gasteiger partial charge < -0.3 is 9.30 Å². The van der Waals surface area contributed by atoms with Crippen molar-refractivity contribution >= 4 is 17.2 Å². The fraction of sp³-hybridized carbons (Fsp3) is 0.312. The van der Waals surface area contributed by atoms with Gasteiger partial charge in [0.2, 0.25) is 5.88 Å². The summed E-state index contributed by atoms with van der Waals surface area (Å²) in [5, 5.41) is 4.69. The predicted octanol–water partition coefficient (Wildman–Crippen LogP) is 2.69. The Labute approximate surface area is 138 Å². The quantitative estimate of drug-likeness (QED) is 0.689. The van der Waals surface area contributed by atoms with Crippen molar-refractivity contribution in [2.24, 2.45) is 0 Å². The molecule has 0 unspecified atom stereocenters. The summed E-state index contributed by atoms with van der Waals surface area (Å²) in [4.78, 5) is 16.2. The highest BCUT2D eigenvalue weighted by Gasteiger charge is 2.12. The average Bonchev–Trinajstić information content (AvgIpc) is 2.88. The molecule has 0 amide bonds. The molecule has 0 aliphatic carbocycles. The van der Waals surface area contributed by atoms with E-state index in [1.54, 1.807) is 24.4 Å². The highest BCUT2D eigenvalue weighted by Crippen LogP contribution is 2.16. The number of pyridine rings is 1. The van der Waals surface area contributed by atoms with Crippen LogP contribution in [0.5, 0.6) is 5.88 Å². The summed E-state index contributed by atoms with van der Waals surface area (Å²) in [6.07, 6.45) is 1.71. The second-order valence-electron chi connectivity index (χ2n) is 5.62. The molecule has 0 aliphatic rings. The van der Waals surface area contributed by atoms with Crippen molar-refractivity contribution in [3.63, 3.8) is 0 Å². The van der Waals surface area contributed by atoms with Gasteiger partial charge in [0.25, 0.3) is 5.56 Å². The maximum absolute atomic E-state index is 12.1. The normalized spacial score (nSPS) is 11.3. The monoisotopic (exact) mass is 332 g/mol.